The Hall–Kier alpha value is -3.84. The van der Waals surface area contributed by atoms with Crippen molar-refractivity contribution in [3.05, 3.63) is 30.1 Å². The van der Waals surface area contributed by atoms with Gasteiger partial charge in [-0.3, -0.25) is 14.3 Å². The Labute approximate surface area is 182 Å². The summed E-state index contributed by atoms with van der Waals surface area (Å²) in [5.74, 6) is -0.438. The van der Waals surface area contributed by atoms with Gasteiger partial charge < -0.3 is 32.3 Å². The average Bonchev–Trinajstić information content (AvgIpc) is 3.13. The Morgan fingerprint density at radius 3 is 2.72 bits per heavy atom. The second kappa shape index (κ2) is 10.5. The summed E-state index contributed by atoms with van der Waals surface area (Å²) < 4.78 is 2.02. The molecule has 8 N–H and O–H groups in total. The lowest BCUT2D eigenvalue weighted by molar-refractivity contribution is -0.122. The van der Waals surface area contributed by atoms with E-state index in [1.165, 1.54) is 6.42 Å². The van der Waals surface area contributed by atoms with Gasteiger partial charge in [-0.05, 0) is 37.5 Å². The maximum atomic E-state index is 11.7. The SMILES string of the molecule is NCC(O)CNc1nnc(C(N)=O)c(Nc2ccc3nn(C4CCC4)cc3c2)n1.O=CO. The van der Waals surface area contributed by atoms with Crippen LogP contribution in [-0.2, 0) is 4.79 Å². The van der Waals surface area contributed by atoms with Gasteiger partial charge in [0.2, 0.25) is 5.95 Å². The molecule has 1 unspecified atom stereocenters. The van der Waals surface area contributed by atoms with Gasteiger partial charge in [0, 0.05) is 30.4 Å². The van der Waals surface area contributed by atoms with E-state index in [-0.39, 0.29) is 37.0 Å². The number of anilines is 3. The summed E-state index contributed by atoms with van der Waals surface area (Å²) in [4.78, 5) is 24.3. The molecular formula is C19H25N9O4. The second-order valence-corrected chi connectivity index (χ2v) is 7.17. The van der Waals surface area contributed by atoms with Crippen LogP contribution in [0.3, 0.4) is 0 Å². The number of aromatic nitrogens is 5. The monoisotopic (exact) mass is 443 g/mol. The molecule has 0 aliphatic heterocycles. The fraction of sp³-hybridized carbons (Fsp3) is 0.368. The first-order valence-electron chi connectivity index (χ1n) is 9.95. The number of nitrogens with one attached hydrogen (secondary N) is 2. The average molecular weight is 443 g/mol. The van der Waals surface area contributed by atoms with Gasteiger partial charge in [0.15, 0.2) is 11.5 Å². The number of carboxylic acid groups (broad SMARTS) is 1. The molecule has 13 heteroatoms. The number of hydrogen-bond acceptors (Lipinski definition) is 10. The third-order valence-electron chi connectivity index (χ3n) is 4.92. The molecule has 0 bridgehead atoms. The van der Waals surface area contributed by atoms with Gasteiger partial charge in [0.25, 0.3) is 12.4 Å². The fourth-order valence-corrected chi connectivity index (χ4v) is 3.04. The molecule has 32 heavy (non-hydrogen) atoms. The van der Waals surface area contributed by atoms with Crippen LogP contribution in [-0.4, -0.2) is 66.7 Å². The number of aliphatic hydroxyl groups is 1. The lowest BCUT2D eigenvalue weighted by Gasteiger charge is -2.25. The number of carbonyl (C=O) groups is 2. The maximum Gasteiger partial charge on any atom is 0.290 e. The number of aliphatic hydroxyl groups excluding tert-OH is 1. The van der Waals surface area contributed by atoms with E-state index in [2.05, 4.69) is 30.9 Å². The van der Waals surface area contributed by atoms with Crippen LogP contribution < -0.4 is 22.1 Å². The normalized spacial score (nSPS) is 14.1. The highest BCUT2D eigenvalue weighted by molar-refractivity contribution is 5.96. The molecule has 1 saturated carbocycles. The molecule has 2 heterocycles. The predicted molar refractivity (Wildman–Crippen MR) is 116 cm³/mol. The van der Waals surface area contributed by atoms with Crippen LogP contribution >= 0.6 is 0 Å². The van der Waals surface area contributed by atoms with Crippen LogP contribution in [0.25, 0.3) is 10.9 Å². The van der Waals surface area contributed by atoms with Crippen LogP contribution in [0.15, 0.2) is 24.4 Å². The zero-order valence-corrected chi connectivity index (χ0v) is 17.2. The minimum atomic E-state index is -0.750. The topological polar surface area (TPSA) is 207 Å². The van der Waals surface area contributed by atoms with Crippen molar-refractivity contribution in [1.82, 2.24) is 25.0 Å². The molecular weight excluding hydrogens is 418 g/mol. The number of benzene rings is 1. The first kappa shape index (κ1) is 22.8. The minimum Gasteiger partial charge on any atom is -0.483 e. The Morgan fingerprint density at radius 1 is 1.34 bits per heavy atom. The van der Waals surface area contributed by atoms with Crippen LogP contribution in [0.5, 0.6) is 0 Å². The molecule has 1 aromatic carbocycles. The zero-order chi connectivity index (χ0) is 23.1. The van der Waals surface area contributed by atoms with Crippen LogP contribution in [0, 0.1) is 0 Å². The number of carbonyl (C=O) groups excluding carboxylic acids is 1. The van der Waals surface area contributed by atoms with Crippen LogP contribution in [0.2, 0.25) is 0 Å². The van der Waals surface area contributed by atoms with Crippen molar-refractivity contribution in [2.24, 2.45) is 11.5 Å². The number of fused-ring (bicyclic) bond motifs is 1. The largest absolute Gasteiger partial charge is 0.483 e. The van der Waals surface area contributed by atoms with Crippen molar-refractivity contribution in [3.8, 4) is 0 Å². The molecule has 1 fully saturated rings. The first-order valence-corrected chi connectivity index (χ1v) is 9.95. The molecule has 1 atom stereocenters. The van der Waals surface area contributed by atoms with E-state index < -0.39 is 12.0 Å². The molecule has 1 amide bonds. The van der Waals surface area contributed by atoms with Gasteiger partial charge in [0.1, 0.15) is 0 Å². The van der Waals surface area contributed by atoms with Crippen molar-refractivity contribution < 1.29 is 19.8 Å². The third kappa shape index (κ3) is 5.44. The van der Waals surface area contributed by atoms with E-state index in [9.17, 15) is 9.90 Å². The van der Waals surface area contributed by atoms with Crippen molar-refractivity contribution in [3.63, 3.8) is 0 Å². The van der Waals surface area contributed by atoms with Gasteiger partial charge >= 0.3 is 0 Å². The Kier molecular flexibility index (Phi) is 7.46. The number of nitrogens with two attached hydrogens (primary N) is 2. The third-order valence-corrected chi connectivity index (χ3v) is 4.92. The van der Waals surface area contributed by atoms with E-state index in [4.69, 9.17) is 21.4 Å². The van der Waals surface area contributed by atoms with Gasteiger partial charge in [-0.15, -0.1) is 10.2 Å². The van der Waals surface area contributed by atoms with E-state index in [1.807, 2.05) is 29.1 Å². The number of rotatable bonds is 8. The molecule has 1 aliphatic carbocycles. The van der Waals surface area contributed by atoms with Crippen molar-refractivity contribution in [2.45, 2.75) is 31.4 Å². The van der Waals surface area contributed by atoms with Crippen LogP contribution in [0.4, 0.5) is 17.5 Å². The summed E-state index contributed by atoms with van der Waals surface area (Å²) in [5.41, 5.74) is 12.3. The quantitative estimate of drug-likeness (QED) is 0.259. The van der Waals surface area contributed by atoms with E-state index in [0.29, 0.717) is 11.7 Å². The van der Waals surface area contributed by atoms with E-state index in [0.717, 1.165) is 23.7 Å². The lowest BCUT2D eigenvalue weighted by atomic mass is 9.93. The number of hydrogen-bond donors (Lipinski definition) is 6. The molecule has 0 saturated heterocycles. The summed E-state index contributed by atoms with van der Waals surface area (Å²) in [6, 6.07) is 6.15. The molecule has 1 aliphatic rings. The Bertz CT molecular complexity index is 1080. The zero-order valence-electron chi connectivity index (χ0n) is 17.2. The first-order chi connectivity index (χ1) is 15.4. The number of nitrogens with zero attached hydrogens (tertiary/aromatic N) is 5. The molecule has 3 aromatic rings. The molecule has 2 aromatic heterocycles. The van der Waals surface area contributed by atoms with Crippen LogP contribution in [0.1, 0.15) is 35.8 Å². The molecule has 0 radical (unpaired) electrons. The number of amides is 1. The van der Waals surface area contributed by atoms with Gasteiger partial charge in [-0.2, -0.15) is 10.1 Å². The summed E-state index contributed by atoms with van der Waals surface area (Å²) >= 11 is 0. The smallest absolute Gasteiger partial charge is 0.290 e. The van der Waals surface area contributed by atoms with Crippen molar-refractivity contribution >= 4 is 40.7 Å². The lowest BCUT2D eigenvalue weighted by Crippen LogP contribution is -2.28. The number of primary amides is 1. The summed E-state index contributed by atoms with van der Waals surface area (Å²) in [7, 11) is 0. The highest BCUT2D eigenvalue weighted by Gasteiger charge is 2.20. The standard InChI is InChI=1S/C18H23N9O2.CH2O2/c19-7-13(28)8-21-18-23-17(15(16(20)29)24-25-18)22-11-4-5-14-10(6-11)9-27(26-14)12-2-1-3-12;2-1-3/h4-6,9,12-13,28H,1-3,7-8,19H2,(H2,20,29)(H2,21,22,23,25);1H,(H,2,3). The van der Waals surface area contributed by atoms with E-state index in [1.54, 1.807) is 0 Å². The molecule has 0 spiro atoms. The van der Waals surface area contributed by atoms with Gasteiger partial charge in [0.05, 0.1) is 17.7 Å². The second-order valence-electron chi connectivity index (χ2n) is 7.17. The molecule has 170 valence electrons. The summed E-state index contributed by atoms with van der Waals surface area (Å²) in [6.07, 6.45) is 4.83. The fourth-order valence-electron chi connectivity index (χ4n) is 3.04. The van der Waals surface area contributed by atoms with Crippen molar-refractivity contribution in [2.75, 3.05) is 23.7 Å². The van der Waals surface area contributed by atoms with Gasteiger partial charge in [-0.25, -0.2) is 0 Å². The highest BCUT2D eigenvalue weighted by atomic mass is 16.3. The summed E-state index contributed by atoms with van der Waals surface area (Å²) in [6.45, 7) is -0.000687. The summed E-state index contributed by atoms with van der Waals surface area (Å²) in [5, 5.41) is 35.6. The molecule has 4 rings (SSSR count). The van der Waals surface area contributed by atoms with Crippen molar-refractivity contribution in [1.29, 1.82) is 0 Å². The minimum absolute atomic E-state index is 0.0832. The van der Waals surface area contributed by atoms with Gasteiger partial charge in [-0.1, -0.05) is 0 Å². The Morgan fingerprint density at radius 2 is 2.09 bits per heavy atom. The molecule has 13 nitrogen and oxygen atoms in total. The highest BCUT2D eigenvalue weighted by Crippen LogP contribution is 2.32. The predicted octanol–water partition coefficient (Wildman–Crippen LogP) is 0.221. The van der Waals surface area contributed by atoms with E-state index >= 15 is 0 Å². The maximum absolute atomic E-state index is 11.7. The Balaban J connectivity index is 0.000000913.